The van der Waals surface area contributed by atoms with Crippen molar-refractivity contribution in [1.82, 2.24) is 14.8 Å². The van der Waals surface area contributed by atoms with Gasteiger partial charge in [-0.1, -0.05) is 23.2 Å². The predicted molar refractivity (Wildman–Crippen MR) is 115 cm³/mol. The van der Waals surface area contributed by atoms with Crippen molar-refractivity contribution >= 4 is 34.9 Å². The van der Waals surface area contributed by atoms with E-state index >= 15 is 0 Å². The van der Waals surface area contributed by atoms with Crippen molar-refractivity contribution in [3.05, 3.63) is 57.7 Å². The lowest BCUT2D eigenvalue weighted by Crippen LogP contribution is -2.54. The fraction of sp³-hybridized carbons (Fsp3) is 0.429. The molecule has 8 heteroatoms. The highest BCUT2D eigenvalue weighted by Crippen LogP contribution is 2.29. The van der Waals surface area contributed by atoms with Gasteiger partial charge in [-0.05, 0) is 42.8 Å². The SMILES string of the molecule is Cc1cnc(N2CC(N3CCN(C(=O)c4ccc(Cl)cc4)CC3)[C@@H](O)C2)c(Cl)c1. The zero-order valence-electron chi connectivity index (χ0n) is 16.3. The number of β-amino-alcohol motifs (C(OH)–C–C–N with tert-alkyl or cyclic N) is 1. The lowest BCUT2D eigenvalue weighted by Gasteiger charge is -2.38. The van der Waals surface area contributed by atoms with Crippen LogP contribution in [0.15, 0.2) is 36.5 Å². The summed E-state index contributed by atoms with van der Waals surface area (Å²) in [6, 6.07) is 8.88. The van der Waals surface area contributed by atoms with E-state index in [1.807, 2.05) is 22.8 Å². The Balaban J connectivity index is 1.37. The average Bonchev–Trinajstić information content (AvgIpc) is 3.09. The van der Waals surface area contributed by atoms with Gasteiger partial charge in [0.2, 0.25) is 0 Å². The molecule has 1 unspecified atom stereocenters. The number of carbonyl (C=O) groups excluding carboxylic acids is 1. The summed E-state index contributed by atoms with van der Waals surface area (Å²) in [5.41, 5.74) is 1.66. The molecule has 2 aromatic rings. The van der Waals surface area contributed by atoms with Crippen LogP contribution >= 0.6 is 23.2 Å². The molecule has 3 heterocycles. The van der Waals surface area contributed by atoms with Crippen molar-refractivity contribution in [3.8, 4) is 0 Å². The Hall–Kier alpha value is -1.86. The summed E-state index contributed by atoms with van der Waals surface area (Å²) in [7, 11) is 0. The van der Waals surface area contributed by atoms with Gasteiger partial charge in [-0.3, -0.25) is 9.69 Å². The molecule has 2 atom stereocenters. The second-order valence-corrected chi connectivity index (χ2v) is 8.54. The van der Waals surface area contributed by atoms with Gasteiger partial charge in [0.15, 0.2) is 0 Å². The highest BCUT2D eigenvalue weighted by molar-refractivity contribution is 6.33. The molecule has 0 saturated carbocycles. The van der Waals surface area contributed by atoms with Gasteiger partial charge in [0.25, 0.3) is 5.91 Å². The van der Waals surface area contributed by atoms with Crippen molar-refractivity contribution < 1.29 is 9.90 Å². The van der Waals surface area contributed by atoms with E-state index < -0.39 is 6.10 Å². The number of halogens is 2. The van der Waals surface area contributed by atoms with E-state index in [0.717, 1.165) is 24.5 Å². The molecule has 0 bridgehead atoms. The number of carbonyl (C=O) groups is 1. The van der Waals surface area contributed by atoms with Gasteiger partial charge in [-0.25, -0.2) is 4.98 Å². The maximum Gasteiger partial charge on any atom is 0.253 e. The first-order chi connectivity index (χ1) is 13.9. The maximum absolute atomic E-state index is 12.7. The van der Waals surface area contributed by atoms with Crippen LogP contribution in [-0.4, -0.2) is 77.2 Å². The van der Waals surface area contributed by atoms with Crippen LogP contribution in [0.2, 0.25) is 10.0 Å². The molecule has 0 aliphatic carbocycles. The standard InChI is InChI=1S/C21H24Cl2N4O2/c1-14-10-17(23)20(24-11-14)27-12-18(19(28)13-27)25-6-8-26(9-7-25)21(29)15-2-4-16(22)5-3-15/h2-5,10-11,18-19,28H,6-9,12-13H2,1H3/t18?,19-/m0/s1. The van der Waals surface area contributed by atoms with Crippen molar-refractivity contribution in [2.75, 3.05) is 44.2 Å². The summed E-state index contributed by atoms with van der Waals surface area (Å²) in [4.78, 5) is 23.3. The summed E-state index contributed by atoms with van der Waals surface area (Å²) in [5.74, 6) is 0.737. The van der Waals surface area contributed by atoms with E-state index in [-0.39, 0.29) is 11.9 Å². The summed E-state index contributed by atoms with van der Waals surface area (Å²) in [6.07, 6.45) is 1.31. The number of anilines is 1. The summed E-state index contributed by atoms with van der Waals surface area (Å²) < 4.78 is 0. The molecule has 154 valence electrons. The third-order valence-corrected chi connectivity index (χ3v) is 6.21. The van der Waals surface area contributed by atoms with Gasteiger partial charge in [-0.2, -0.15) is 0 Å². The number of hydrogen-bond donors (Lipinski definition) is 1. The van der Waals surface area contributed by atoms with Gasteiger partial charge in [0, 0.05) is 56.1 Å². The second-order valence-electron chi connectivity index (χ2n) is 7.69. The van der Waals surface area contributed by atoms with Gasteiger partial charge in [0.1, 0.15) is 5.82 Å². The van der Waals surface area contributed by atoms with Crippen LogP contribution in [0.1, 0.15) is 15.9 Å². The Bertz CT molecular complexity index is 885. The number of aromatic nitrogens is 1. The number of benzene rings is 1. The normalized spacial score (nSPS) is 22.9. The minimum atomic E-state index is -0.479. The van der Waals surface area contributed by atoms with Crippen LogP contribution in [-0.2, 0) is 0 Å². The van der Waals surface area contributed by atoms with E-state index in [1.54, 1.807) is 30.5 Å². The first-order valence-corrected chi connectivity index (χ1v) is 10.5. The minimum absolute atomic E-state index is 0.00181. The van der Waals surface area contributed by atoms with Gasteiger partial charge in [0.05, 0.1) is 17.2 Å². The van der Waals surface area contributed by atoms with Crippen molar-refractivity contribution in [3.63, 3.8) is 0 Å². The molecule has 1 aromatic carbocycles. The number of rotatable bonds is 3. The third kappa shape index (κ3) is 4.36. The van der Waals surface area contributed by atoms with E-state index in [9.17, 15) is 9.90 Å². The number of aliphatic hydroxyl groups excluding tert-OH is 1. The molecular formula is C21H24Cl2N4O2. The number of aryl methyl sites for hydroxylation is 1. The Labute approximate surface area is 180 Å². The van der Waals surface area contributed by atoms with E-state index in [0.29, 0.717) is 41.8 Å². The highest BCUT2D eigenvalue weighted by Gasteiger charge is 2.38. The molecule has 1 N–H and O–H groups in total. The molecule has 2 fully saturated rings. The van der Waals surface area contributed by atoms with E-state index in [1.165, 1.54) is 0 Å². The smallest absolute Gasteiger partial charge is 0.253 e. The molecule has 1 amide bonds. The molecule has 4 rings (SSSR count). The molecule has 1 aromatic heterocycles. The second kappa shape index (κ2) is 8.48. The first-order valence-electron chi connectivity index (χ1n) is 9.76. The maximum atomic E-state index is 12.7. The molecule has 2 aliphatic heterocycles. The number of amides is 1. The molecule has 29 heavy (non-hydrogen) atoms. The number of pyridine rings is 1. The Morgan fingerprint density at radius 3 is 2.45 bits per heavy atom. The Morgan fingerprint density at radius 2 is 1.79 bits per heavy atom. The molecule has 0 spiro atoms. The van der Waals surface area contributed by atoms with Gasteiger partial charge in [-0.15, -0.1) is 0 Å². The molecule has 2 saturated heterocycles. The number of piperazine rings is 1. The first kappa shape index (κ1) is 20.4. The highest BCUT2D eigenvalue weighted by atomic mass is 35.5. The van der Waals surface area contributed by atoms with Gasteiger partial charge >= 0.3 is 0 Å². The van der Waals surface area contributed by atoms with E-state index in [4.69, 9.17) is 23.2 Å². The number of aliphatic hydroxyl groups is 1. The molecule has 0 radical (unpaired) electrons. The quantitative estimate of drug-likeness (QED) is 0.804. The van der Waals surface area contributed by atoms with Crippen molar-refractivity contribution in [2.24, 2.45) is 0 Å². The van der Waals surface area contributed by atoms with E-state index in [2.05, 4.69) is 9.88 Å². The Kier molecular flexibility index (Phi) is 5.97. The molecule has 6 nitrogen and oxygen atoms in total. The lowest BCUT2D eigenvalue weighted by atomic mass is 10.1. The number of hydrogen-bond acceptors (Lipinski definition) is 5. The largest absolute Gasteiger partial charge is 0.390 e. The van der Waals surface area contributed by atoms with Crippen LogP contribution in [0.25, 0.3) is 0 Å². The molecule has 2 aliphatic rings. The fourth-order valence-corrected chi connectivity index (χ4v) is 4.56. The van der Waals surface area contributed by atoms with Crippen LogP contribution in [0.5, 0.6) is 0 Å². The zero-order chi connectivity index (χ0) is 20.5. The third-order valence-electron chi connectivity index (χ3n) is 5.68. The van der Waals surface area contributed by atoms with Crippen LogP contribution < -0.4 is 4.90 Å². The zero-order valence-corrected chi connectivity index (χ0v) is 17.8. The number of nitrogens with zero attached hydrogens (tertiary/aromatic N) is 4. The Morgan fingerprint density at radius 1 is 1.10 bits per heavy atom. The molecular weight excluding hydrogens is 411 g/mol. The summed E-state index contributed by atoms with van der Waals surface area (Å²) in [5, 5.41) is 11.9. The van der Waals surface area contributed by atoms with Crippen molar-refractivity contribution in [1.29, 1.82) is 0 Å². The summed E-state index contributed by atoms with van der Waals surface area (Å²) >= 11 is 12.3. The monoisotopic (exact) mass is 434 g/mol. The van der Waals surface area contributed by atoms with Crippen molar-refractivity contribution in [2.45, 2.75) is 19.1 Å². The topological polar surface area (TPSA) is 59.9 Å². The lowest BCUT2D eigenvalue weighted by molar-refractivity contribution is 0.0376. The summed E-state index contributed by atoms with van der Waals surface area (Å²) in [6.45, 7) is 5.85. The average molecular weight is 435 g/mol. The van der Waals surface area contributed by atoms with Crippen LogP contribution in [0.3, 0.4) is 0 Å². The van der Waals surface area contributed by atoms with Gasteiger partial charge < -0.3 is 14.9 Å². The van der Waals surface area contributed by atoms with Crippen LogP contribution in [0.4, 0.5) is 5.82 Å². The predicted octanol–water partition coefficient (Wildman–Crippen LogP) is 2.70. The minimum Gasteiger partial charge on any atom is -0.390 e. The fourth-order valence-electron chi connectivity index (χ4n) is 4.09. The van der Waals surface area contributed by atoms with Crippen LogP contribution in [0, 0.1) is 6.92 Å².